The number of fused-ring (bicyclic) bond motifs is 2. The Balaban J connectivity index is 1.05. The van der Waals surface area contributed by atoms with E-state index in [4.69, 9.17) is 23.9 Å². The van der Waals surface area contributed by atoms with Crippen molar-refractivity contribution in [2.45, 2.75) is 103 Å². The lowest BCUT2D eigenvalue weighted by Crippen LogP contribution is -2.44. The zero-order valence-corrected chi connectivity index (χ0v) is 31.1. The second kappa shape index (κ2) is 15.9. The van der Waals surface area contributed by atoms with Crippen molar-refractivity contribution in [1.82, 2.24) is 9.88 Å². The predicted molar refractivity (Wildman–Crippen MR) is 196 cm³/mol. The summed E-state index contributed by atoms with van der Waals surface area (Å²) < 4.78 is 22.7. The first-order valence-corrected chi connectivity index (χ1v) is 18.4. The Bertz CT molecular complexity index is 1910. The third-order valence-electron chi connectivity index (χ3n) is 10.3. The number of carboxylic acid groups (broad SMARTS) is 1. The Morgan fingerprint density at radius 3 is 2.40 bits per heavy atom. The fraction of sp³-hybridized carbons (Fsp3) is 0.500. The molecule has 0 spiro atoms. The number of amides is 1. The number of ether oxygens (including phenoxy) is 4. The minimum atomic E-state index is -0.951. The summed E-state index contributed by atoms with van der Waals surface area (Å²) in [6, 6.07) is 14.9. The number of carbonyl (C=O) groups is 4. The molecule has 1 saturated heterocycles. The Morgan fingerprint density at radius 1 is 1.02 bits per heavy atom. The summed E-state index contributed by atoms with van der Waals surface area (Å²) in [6.07, 6.45) is 3.09. The first kappa shape index (κ1) is 37.6. The molecule has 11 nitrogen and oxygen atoms in total. The number of esters is 2. The number of hydrogen-bond donors (Lipinski definition) is 1. The van der Waals surface area contributed by atoms with Crippen LogP contribution in [0.5, 0.6) is 5.88 Å². The van der Waals surface area contributed by atoms with Crippen LogP contribution in [0.2, 0.25) is 0 Å². The molecule has 3 aliphatic rings. The molecular weight excluding hydrogens is 676 g/mol. The number of carboxylic acids is 1. The lowest BCUT2D eigenvalue weighted by atomic mass is 9.87. The van der Waals surface area contributed by atoms with Gasteiger partial charge in [-0.05, 0) is 94.4 Å². The normalized spacial score (nSPS) is 21.3. The maximum absolute atomic E-state index is 13.0. The highest BCUT2D eigenvalue weighted by atomic mass is 16.6. The fourth-order valence-electron chi connectivity index (χ4n) is 7.50. The van der Waals surface area contributed by atoms with Crippen molar-refractivity contribution >= 4 is 34.9 Å². The number of para-hydroxylation sites is 1. The molecule has 6 rings (SSSR count). The topological polar surface area (TPSA) is 142 Å². The Hall–Kier alpha value is -5.11. The minimum Gasteiger partial charge on any atom is -0.481 e. The molecule has 2 heterocycles. The van der Waals surface area contributed by atoms with Crippen molar-refractivity contribution in [3.63, 3.8) is 0 Å². The molecule has 53 heavy (non-hydrogen) atoms. The van der Waals surface area contributed by atoms with Gasteiger partial charge in [-0.15, -0.1) is 0 Å². The number of pyridine rings is 1. The van der Waals surface area contributed by atoms with Gasteiger partial charge in [0.1, 0.15) is 23.9 Å². The van der Waals surface area contributed by atoms with Crippen LogP contribution >= 0.6 is 0 Å². The standard InChI is InChI=1S/C42H48N2O9/c1-25-31-16-11-12-18-34(31)43-38(51-30-22-35(40(48)50-5)44(24-30)41(49)53-42(2,3)4)32(25)17-8-6-7-15-28-21-36(28)52-37(45)23-33(39(46)47)29-19-26-13-9-10-14-27(26)20-29/h9-14,16,18,28-30,33,35-36H,6-7,15,19-24H2,1-5H3,(H,46,47)/t28-,30-,33+,35+,36-/m1/s1. The highest BCUT2D eigenvalue weighted by molar-refractivity contribution is 5.85. The molecule has 2 fully saturated rings. The van der Waals surface area contributed by atoms with Crippen LogP contribution in [0.25, 0.3) is 10.9 Å². The number of rotatable bonds is 11. The highest BCUT2D eigenvalue weighted by Gasteiger charge is 2.44. The number of hydrogen-bond acceptors (Lipinski definition) is 9. The number of aryl methyl sites for hydroxylation is 1. The maximum atomic E-state index is 13.0. The van der Waals surface area contributed by atoms with Gasteiger partial charge in [0.05, 0.1) is 37.1 Å². The minimum absolute atomic E-state index is 0.111. The molecule has 2 aromatic carbocycles. The summed E-state index contributed by atoms with van der Waals surface area (Å²) in [4.78, 5) is 56.7. The zero-order valence-electron chi connectivity index (χ0n) is 31.1. The monoisotopic (exact) mass is 724 g/mol. The molecule has 0 radical (unpaired) electrons. The van der Waals surface area contributed by atoms with Crippen molar-refractivity contribution in [1.29, 1.82) is 0 Å². The first-order valence-electron chi connectivity index (χ1n) is 18.4. The predicted octanol–water partition coefficient (Wildman–Crippen LogP) is 6.43. The van der Waals surface area contributed by atoms with Crippen LogP contribution in [0.3, 0.4) is 0 Å². The Kier molecular flexibility index (Phi) is 11.3. The largest absolute Gasteiger partial charge is 0.481 e. The van der Waals surface area contributed by atoms with E-state index in [1.165, 1.54) is 12.0 Å². The van der Waals surface area contributed by atoms with E-state index in [1.54, 1.807) is 20.8 Å². The van der Waals surface area contributed by atoms with Gasteiger partial charge in [0.2, 0.25) is 5.88 Å². The summed E-state index contributed by atoms with van der Waals surface area (Å²) in [7, 11) is 1.29. The van der Waals surface area contributed by atoms with Gasteiger partial charge in [-0.1, -0.05) is 54.3 Å². The zero-order chi connectivity index (χ0) is 37.9. The second-order valence-corrected chi connectivity index (χ2v) is 15.4. The van der Waals surface area contributed by atoms with Crippen LogP contribution in [0.1, 0.15) is 81.5 Å². The van der Waals surface area contributed by atoms with Gasteiger partial charge < -0.3 is 24.1 Å². The second-order valence-electron chi connectivity index (χ2n) is 15.4. The molecule has 1 N–H and O–H groups in total. The molecule has 280 valence electrons. The van der Waals surface area contributed by atoms with Crippen molar-refractivity contribution in [2.24, 2.45) is 17.8 Å². The SMILES string of the molecule is COC(=O)[C@@H]1C[C@@H](Oc2nc3ccccc3c(C)c2C#CCCC[C@@H]2C[C@H]2OC(=O)C[C@H](C(=O)O)C2Cc3ccccc3C2)CN1C(=O)OC(C)(C)C. The van der Waals surface area contributed by atoms with Gasteiger partial charge in [0.25, 0.3) is 0 Å². The van der Waals surface area contributed by atoms with E-state index in [2.05, 4.69) is 11.8 Å². The quantitative estimate of drug-likeness (QED) is 0.102. The Morgan fingerprint density at radius 2 is 1.72 bits per heavy atom. The van der Waals surface area contributed by atoms with E-state index in [-0.39, 0.29) is 37.3 Å². The van der Waals surface area contributed by atoms with Gasteiger partial charge in [0.15, 0.2) is 0 Å². The molecule has 1 aromatic heterocycles. The molecule has 3 aromatic rings. The van der Waals surface area contributed by atoms with Crippen LogP contribution in [0.4, 0.5) is 4.79 Å². The lowest BCUT2D eigenvalue weighted by molar-refractivity contribution is -0.154. The molecular formula is C42H48N2O9. The van der Waals surface area contributed by atoms with E-state index >= 15 is 0 Å². The summed E-state index contributed by atoms with van der Waals surface area (Å²) in [6.45, 7) is 7.39. The lowest BCUT2D eigenvalue weighted by Gasteiger charge is -2.27. The van der Waals surface area contributed by atoms with Gasteiger partial charge in [-0.2, -0.15) is 0 Å². The van der Waals surface area contributed by atoms with Crippen molar-refractivity contribution in [3.05, 3.63) is 70.8 Å². The molecule has 0 unspecified atom stereocenters. The molecule has 1 amide bonds. The first-order chi connectivity index (χ1) is 25.3. The summed E-state index contributed by atoms with van der Waals surface area (Å²) in [5, 5.41) is 10.9. The van der Waals surface area contributed by atoms with E-state index in [0.717, 1.165) is 46.9 Å². The maximum Gasteiger partial charge on any atom is 0.411 e. The van der Waals surface area contributed by atoms with Crippen molar-refractivity contribution < 1.29 is 43.2 Å². The number of nitrogens with zero attached hydrogens (tertiary/aromatic N) is 2. The van der Waals surface area contributed by atoms with E-state index in [1.807, 2.05) is 55.5 Å². The molecule has 2 aliphatic carbocycles. The number of aliphatic carboxylic acids is 1. The van der Waals surface area contributed by atoms with Crippen molar-refractivity contribution in [2.75, 3.05) is 13.7 Å². The summed E-state index contributed by atoms with van der Waals surface area (Å²) in [5.74, 6) is 4.32. The molecule has 1 saturated carbocycles. The number of unbranched alkanes of at least 4 members (excludes halogenated alkanes) is 1. The van der Waals surface area contributed by atoms with Crippen LogP contribution in [-0.4, -0.2) is 76.5 Å². The molecule has 11 heteroatoms. The van der Waals surface area contributed by atoms with Crippen LogP contribution in [-0.2, 0) is 41.4 Å². The van der Waals surface area contributed by atoms with Gasteiger partial charge in [-0.25, -0.2) is 14.6 Å². The van der Waals surface area contributed by atoms with E-state index < -0.39 is 47.7 Å². The molecule has 0 bridgehead atoms. The van der Waals surface area contributed by atoms with Crippen molar-refractivity contribution in [3.8, 4) is 17.7 Å². The summed E-state index contributed by atoms with van der Waals surface area (Å²) in [5.41, 5.74) is 3.88. The Labute approximate surface area is 310 Å². The van der Waals surface area contributed by atoms with Crippen LogP contribution < -0.4 is 4.74 Å². The molecule has 1 aliphatic heterocycles. The number of carbonyl (C=O) groups excluding carboxylic acids is 3. The van der Waals surface area contributed by atoms with E-state index in [0.29, 0.717) is 30.7 Å². The molecule has 5 atom stereocenters. The van der Waals surface area contributed by atoms with Crippen LogP contribution in [0, 0.1) is 36.5 Å². The summed E-state index contributed by atoms with van der Waals surface area (Å²) >= 11 is 0. The number of likely N-dealkylation sites (tertiary alicyclic amines) is 1. The number of aromatic nitrogens is 1. The third kappa shape index (κ3) is 9.10. The highest BCUT2D eigenvalue weighted by Crippen LogP contribution is 2.39. The number of methoxy groups -OCH3 is 1. The fourth-order valence-corrected chi connectivity index (χ4v) is 7.50. The smallest absolute Gasteiger partial charge is 0.411 e. The van der Waals surface area contributed by atoms with Gasteiger partial charge in [-0.3, -0.25) is 14.5 Å². The van der Waals surface area contributed by atoms with E-state index in [9.17, 15) is 24.3 Å². The van der Waals surface area contributed by atoms with Gasteiger partial charge >= 0.3 is 24.0 Å². The van der Waals surface area contributed by atoms with Crippen LogP contribution in [0.15, 0.2) is 48.5 Å². The average Bonchev–Trinajstić information content (AvgIpc) is 3.48. The third-order valence-corrected chi connectivity index (χ3v) is 10.3. The van der Waals surface area contributed by atoms with Gasteiger partial charge in [0, 0.05) is 18.2 Å². The number of benzene rings is 2. The average molecular weight is 725 g/mol.